The number of pyridine rings is 1. The van der Waals surface area contributed by atoms with E-state index >= 15 is 0 Å². The summed E-state index contributed by atoms with van der Waals surface area (Å²) >= 11 is 3.32. The quantitative estimate of drug-likeness (QED) is 0.940. The fraction of sp³-hybridized carbons (Fsp3) is 0.0769. The Bertz CT molecular complexity index is 599. The lowest BCUT2D eigenvalue weighted by Crippen LogP contribution is -2.01. The highest BCUT2D eigenvalue weighted by atomic mass is 79.9. The summed E-state index contributed by atoms with van der Waals surface area (Å²) in [5.41, 5.74) is 0.794. The van der Waals surface area contributed by atoms with Crippen molar-refractivity contribution in [2.75, 3.05) is 0 Å². The lowest BCUT2D eigenvalue weighted by molar-refractivity contribution is 0.0695. The maximum absolute atomic E-state index is 11.0. The van der Waals surface area contributed by atoms with Crippen molar-refractivity contribution in [3.63, 3.8) is 0 Å². The fourth-order valence-corrected chi connectivity index (χ4v) is 1.84. The molecule has 1 aromatic heterocycles. The van der Waals surface area contributed by atoms with Gasteiger partial charge in [0.25, 0.3) is 0 Å². The van der Waals surface area contributed by atoms with Crippen LogP contribution in [0.1, 0.15) is 15.9 Å². The van der Waals surface area contributed by atoms with Crippen molar-refractivity contribution in [3.8, 4) is 11.6 Å². The summed E-state index contributed by atoms with van der Waals surface area (Å²) in [5.74, 6) is -0.0875. The Morgan fingerprint density at radius 2 is 2.11 bits per heavy atom. The molecule has 0 bridgehead atoms. The highest BCUT2D eigenvalue weighted by molar-refractivity contribution is 9.10. The highest BCUT2D eigenvalue weighted by Gasteiger charge is 2.12. The zero-order valence-corrected chi connectivity index (χ0v) is 11.1. The number of rotatable bonds is 3. The lowest BCUT2D eigenvalue weighted by Gasteiger charge is -2.10. The van der Waals surface area contributed by atoms with Gasteiger partial charge in [-0.25, -0.2) is 9.78 Å². The van der Waals surface area contributed by atoms with Crippen molar-refractivity contribution in [1.82, 2.24) is 4.98 Å². The van der Waals surface area contributed by atoms with Gasteiger partial charge in [-0.15, -0.1) is 0 Å². The van der Waals surface area contributed by atoms with Gasteiger partial charge < -0.3 is 9.84 Å². The van der Waals surface area contributed by atoms with Crippen LogP contribution in [0.4, 0.5) is 0 Å². The molecule has 5 heteroatoms. The van der Waals surface area contributed by atoms with Crippen molar-refractivity contribution >= 4 is 21.9 Å². The first-order valence-corrected chi connectivity index (χ1v) is 6.00. The molecule has 2 aromatic rings. The van der Waals surface area contributed by atoms with Crippen molar-refractivity contribution in [3.05, 3.63) is 52.1 Å². The van der Waals surface area contributed by atoms with Gasteiger partial charge >= 0.3 is 5.97 Å². The number of hydrogen-bond acceptors (Lipinski definition) is 3. The first kappa shape index (κ1) is 12.6. The second kappa shape index (κ2) is 5.18. The average molecular weight is 308 g/mol. The number of benzene rings is 1. The Morgan fingerprint density at radius 3 is 2.78 bits per heavy atom. The molecule has 92 valence electrons. The van der Waals surface area contributed by atoms with Crippen LogP contribution in [0.15, 0.2) is 41.0 Å². The third-order valence-corrected chi connectivity index (χ3v) is 3.05. The summed E-state index contributed by atoms with van der Waals surface area (Å²) in [6.07, 6.45) is 1.61. The van der Waals surface area contributed by atoms with Crippen LogP contribution < -0.4 is 4.74 Å². The van der Waals surface area contributed by atoms with Crippen LogP contribution in [-0.4, -0.2) is 16.1 Å². The summed E-state index contributed by atoms with van der Waals surface area (Å²) in [4.78, 5) is 15.1. The molecule has 0 spiro atoms. The maximum atomic E-state index is 11.0. The fourth-order valence-electron chi connectivity index (χ4n) is 1.51. The Labute approximate surface area is 112 Å². The van der Waals surface area contributed by atoms with Crippen molar-refractivity contribution < 1.29 is 14.6 Å². The molecule has 1 aromatic carbocycles. The molecule has 0 fully saturated rings. The molecule has 0 aliphatic carbocycles. The van der Waals surface area contributed by atoms with Gasteiger partial charge in [-0.2, -0.15) is 0 Å². The largest absolute Gasteiger partial charge is 0.478 e. The molecule has 1 heterocycles. The molecule has 0 atom stereocenters. The van der Waals surface area contributed by atoms with E-state index in [1.54, 1.807) is 37.4 Å². The van der Waals surface area contributed by atoms with Crippen molar-refractivity contribution in [2.45, 2.75) is 6.92 Å². The van der Waals surface area contributed by atoms with E-state index in [0.29, 0.717) is 21.7 Å². The van der Waals surface area contributed by atoms with Crippen molar-refractivity contribution in [2.24, 2.45) is 0 Å². The topological polar surface area (TPSA) is 59.4 Å². The van der Waals surface area contributed by atoms with Crippen LogP contribution in [-0.2, 0) is 0 Å². The molecule has 1 N–H and O–H groups in total. The van der Waals surface area contributed by atoms with E-state index in [-0.39, 0.29) is 5.56 Å². The lowest BCUT2D eigenvalue weighted by atomic mass is 10.1. The molecule has 18 heavy (non-hydrogen) atoms. The van der Waals surface area contributed by atoms with Gasteiger partial charge in [0, 0.05) is 11.8 Å². The van der Waals surface area contributed by atoms with Crippen LogP contribution >= 0.6 is 15.9 Å². The molecule has 0 radical (unpaired) electrons. The summed E-state index contributed by atoms with van der Waals surface area (Å²) < 4.78 is 6.32. The van der Waals surface area contributed by atoms with Crippen LogP contribution in [0.5, 0.6) is 11.6 Å². The summed E-state index contributed by atoms with van der Waals surface area (Å²) in [6, 6.07) is 8.47. The van der Waals surface area contributed by atoms with Gasteiger partial charge in [-0.1, -0.05) is 6.07 Å². The minimum atomic E-state index is -0.974. The number of hydrogen-bond donors (Lipinski definition) is 1. The molecule has 2 rings (SSSR count). The molecule has 0 amide bonds. The zero-order chi connectivity index (χ0) is 13.1. The monoisotopic (exact) mass is 307 g/mol. The molecule has 0 unspecified atom stereocenters. The number of halogens is 1. The maximum Gasteiger partial charge on any atom is 0.336 e. The molecular formula is C13H10BrNO3. The van der Waals surface area contributed by atoms with Crippen LogP contribution in [0.25, 0.3) is 0 Å². The number of nitrogens with zero attached hydrogens (tertiary/aromatic N) is 1. The number of ether oxygens (including phenoxy) is 1. The first-order valence-electron chi connectivity index (χ1n) is 5.21. The van der Waals surface area contributed by atoms with Gasteiger partial charge in [-0.05, 0) is 47.1 Å². The number of aromatic carboxylic acids is 1. The molecule has 0 aliphatic rings. The van der Waals surface area contributed by atoms with Crippen LogP contribution in [0, 0.1) is 6.92 Å². The van der Waals surface area contributed by atoms with Crippen LogP contribution in [0.3, 0.4) is 0 Å². The summed E-state index contributed by atoms with van der Waals surface area (Å²) in [6.45, 7) is 1.70. The van der Waals surface area contributed by atoms with Gasteiger partial charge in [0.2, 0.25) is 5.88 Å². The summed E-state index contributed by atoms with van der Waals surface area (Å²) in [5, 5.41) is 9.03. The van der Waals surface area contributed by atoms with E-state index in [1.165, 1.54) is 6.07 Å². The average Bonchev–Trinajstić information content (AvgIpc) is 2.34. The molecule has 4 nitrogen and oxygen atoms in total. The van der Waals surface area contributed by atoms with E-state index in [9.17, 15) is 4.79 Å². The Balaban J connectivity index is 2.39. The number of carbonyl (C=O) groups is 1. The minimum absolute atomic E-state index is 0.222. The number of aromatic nitrogens is 1. The van der Waals surface area contributed by atoms with Gasteiger partial charge in [0.05, 0.1) is 10.0 Å². The first-order chi connectivity index (χ1) is 8.59. The van der Waals surface area contributed by atoms with E-state index < -0.39 is 5.97 Å². The summed E-state index contributed by atoms with van der Waals surface area (Å²) in [7, 11) is 0. The minimum Gasteiger partial charge on any atom is -0.478 e. The number of carboxylic acid groups (broad SMARTS) is 1. The normalized spacial score (nSPS) is 10.1. The predicted molar refractivity (Wildman–Crippen MR) is 70.1 cm³/mol. The second-order valence-electron chi connectivity index (χ2n) is 3.63. The molecule has 0 saturated carbocycles. The smallest absolute Gasteiger partial charge is 0.336 e. The molecule has 0 aliphatic heterocycles. The van der Waals surface area contributed by atoms with Crippen LogP contribution in [0.2, 0.25) is 0 Å². The number of carboxylic acids is 1. The van der Waals surface area contributed by atoms with Gasteiger partial charge in [-0.3, -0.25) is 0 Å². The molecular weight excluding hydrogens is 298 g/mol. The van der Waals surface area contributed by atoms with E-state index in [1.807, 2.05) is 0 Å². The van der Waals surface area contributed by atoms with Gasteiger partial charge in [0.1, 0.15) is 5.75 Å². The van der Waals surface area contributed by atoms with E-state index in [2.05, 4.69) is 20.9 Å². The van der Waals surface area contributed by atoms with E-state index in [0.717, 1.165) is 0 Å². The predicted octanol–water partition coefficient (Wildman–Crippen LogP) is 3.64. The SMILES string of the molecule is Cc1c(Oc2ncccc2Br)cccc1C(=O)O. The third kappa shape index (κ3) is 2.51. The Kier molecular flexibility index (Phi) is 3.62. The highest BCUT2D eigenvalue weighted by Crippen LogP contribution is 2.30. The van der Waals surface area contributed by atoms with E-state index in [4.69, 9.17) is 9.84 Å². The Morgan fingerprint density at radius 1 is 1.33 bits per heavy atom. The second-order valence-corrected chi connectivity index (χ2v) is 4.48. The van der Waals surface area contributed by atoms with Crippen molar-refractivity contribution in [1.29, 1.82) is 0 Å². The third-order valence-electron chi connectivity index (χ3n) is 2.45. The van der Waals surface area contributed by atoms with Gasteiger partial charge in [0.15, 0.2) is 0 Å². The zero-order valence-electron chi connectivity index (χ0n) is 9.55. The standard InChI is InChI=1S/C13H10BrNO3/c1-8-9(13(16)17)4-2-6-11(8)18-12-10(14)5-3-7-15-12/h2-7H,1H3,(H,16,17). The Hall–Kier alpha value is -1.88. The molecule has 0 saturated heterocycles.